The first-order valence-electron chi connectivity index (χ1n) is 5.50. The third-order valence-electron chi connectivity index (χ3n) is 2.60. The van der Waals surface area contributed by atoms with Gasteiger partial charge in [-0.25, -0.2) is 4.39 Å². The summed E-state index contributed by atoms with van der Waals surface area (Å²) in [7, 11) is 0. The van der Waals surface area contributed by atoms with Gasteiger partial charge in [-0.05, 0) is 30.0 Å². The van der Waals surface area contributed by atoms with E-state index in [9.17, 15) is 4.39 Å². The number of nitrogens with zero attached hydrogens (tertiary/aromatic N) is 1. The molecule has 4 heteroatoms. The quantitative estimate of drug-likeness (QED) is 0.854. The minimum Gasteiger partial charge on any atom is -0.382 e. The van der Waals surface area contributed by atoms with Crippen LogP contribution in [0.15, 0.2) is 18.2 Å². The van der Waals surface area contributed by atoms with E-state index in [0.29, 0.717) is 23.7 Å². The number of halogens is 2. The first kappa shape index (κ1) is 13.8. The van der Waals surface area contributed by atoms with E-state index in [0.717, 1.165) is 6.42 Å². The fourth-order valence-electron chi connectivity index (χ4n) is 1.45. The van der Waals surface area contributed by atoms with Crippen LogP contribution in [-0.4, -0.2) is 6.54 Å². The van der Waals surface area contributed by atoms with E-state index >= 15 is 0 Å². The average molecular weight is 255 g/mol. The van der Waals surface area contributed by atoms with Gasteiger partial charge in [0.25, 0.3) is 0 Å². The molecular formula is C13H16ClFN2. The molecule has 0 fully saturated rings. The zero-order valence-corrected chi connectivity index (χ0v) is 10.8. The maximum absolute atomic E-state index is 13.4. The summed E-state index contributed by atoms with van der Waals surface area (Å²) in [5, 5.41) is 12.1. The molecule has 0 unspecified atom stereocenters. The second-order valence-electron chi connectivity index (χ2n) is 4.80. The molecule has 17 heavy (non-hydrogen) atoms. The van der Waals surface area contributed by atoms with Crippen molar-refractivity contribution in [3.05, 3.63) is 29.0 Å². The van der Waals surface area contributed by atoms with Gasteiger partial charge in [-0.1, -0.05) is 25.4 Å². The van der Waals surface area contributed by atoms with Crippen LogP contribution in [-0.2, 0) is 0 Å². The topological polar surface area (TPSA) is 35.8 Å². The Bertz CT molecular complexity index is 424. The van der Waals surface area contributed by atoms with Gasteiger partial charge in [0.15, 0.2) is 0 Å². The maximum Gasteiger partial charge on any atom is 0.146 e. The van der Waals surface area contributed by atoms with Gasteiger partial charge in [-0.3, -0.25) is 0 Å². The molecule has 0 radical (unpaired) electrons. The summed E-state index contributed by atoms with van der Waals surface area (Å²) in [6, 6.07) is 6.54. The summed E-state index contributed by atoms with van der Waals surface area (Å²) in [5.41, 5.74) is 0.354. The van der Waals surface area contributed by atoms with Crippen molar-refractivity contribution in [1.29, 1.82) is 5.26 Å². The van der Waals surface area contributed by atoms with E-state index in [1.54, 1.807) is 6.07 Å². The molecule has 0 amide bonds. The SMILES string of the molecule is CC(C)(CCC#N)CNc1cc(Cl)ccc1F. The van der Waals surface area contributed by atoms with E-state index in [-0.39, 0.29) is 11.2 Å². The minimum absolute atomic E-state index is 0.0511. The minimum atomic E-state index is -0.314. The first-order chi connectivity index (χ1) is 7.94. The summed E-state index contributed by atoms with van der Waals surface area (Å²) in [4.78, 5) is 0. The van der Waals surface area contributed by atoms with E-state index in [1.165, 1.54) is 12.1 Å². The summed E-state index contributed by atoms with van der Waals surface area (Å²) in [5.74, 6) is -0.314. The number of nitrogens with one attached hydrogen (secondary N) is 1. The van der Waals surface area contributed by atoms with Crippen molar-refractivity contribution in [3.63, 3.8) is 0 Å². The third-order valence-corrected chi connectivity index (χ3v) is 2.83. The standard InChI is InChI=1S/C13H16ClFN2/c1-13(2,6-3-7-16)9-17-12-8-10(14)4-5-11(12)15/h4-5,8,17H,3,6,9H2,1-2H3. The van der Waals surface area contributed by atoms with Crippen molar-refractivity contribution >= 4 is 17.3 Å². The molecule has 0 atom stereocenters. The molecule has 0 bridgehead atoms. The molecule has 0 saturated heterocycles. The second kappa shape index (κ2) is 5.88. The molecule has 1 N–H and O–H groups in total. The lowest BCUT2D eigenvalue weighted by molar-refractivity contribution is 0.363. The molecule has 1 rings (SSSR count). The normalized spacial score (nSPS) is 11.0. The van der Waals surface area contributed by atoms with Crippen molar-refractivity contribution in [2.75, 3.05) is 11.9 Å². The van der Waals surface area contributed by atoms with E-state index in [1.807, 2.05) is 13.8 Å². The molecule has 0 saturated carbocycles. The molecular weight excluding hydrogens is 239 g/mol. The van der Waals surface area contributed by atoms with Crippen LogP contribution in [0, 0.1) is 22.6 Å². The average Bonchev–Trinajstić information content (AvgIpc) is 2.28. The highest BCUT2D eigenvalue weighted by molar-refractivity contribution is 6.30. The summed E-state index contributed by atoms with van der Waals surface area (Å²) in [6.45, 7) is 4.69. The monoisotopic (exact) mass is 254 g/mol. The molecule has 0 aliphatic rings. The van der Waals surface area contributed by atoms with Crippen LogP contribution in [0.1, 0.15) is 26.7 Å². The Labute approximate surface area is 106 Å². The van der Waals surface area contributed by atoms with Crippen molar-refractivity contribution in [1.82, 2.24) is 0 Å². The Morgan fingerprint density at radius 2 is 2.18 bits per heavy atom. The van der Waals surface area contributed by atoms with Crippen LogP contribution < -0.4 is 5.32 Å². The Balaban J connectivity index is 2.61. The van der Waals surface area contributed by atoms with Crippen LogP contribution in [0.4, 0.5) is 10.1 Å². The van der Waals surface area contributed by atoms with Crippen LogP contribution in [0.5, 0.6) is 0 Å². The fourth-order valence-corrected chi connectivity index (χ4v) is 1.62. The number of benzene rings is 1. The second-order valence-corrected chi connectivity index (χ2v) is 5.24. The lowest BCUT2D eigenvalue weighted by Crippen LogP contribution is -2.23. The molecule has 0 heterocycles. The molecule has 0 aliphatic carbocycles. The van der Waals surface area contributed by atoms with Gasteiger partial charge < -0.3 is 5.32 Å². The molecule has 92 valence electrons. The number of anilines is 1. The van der Waals surface area contributed by atoms with Crippen molar-refractivity contribution in [3.8, 4) is 6.07 Å². The lowest BCUT2D eigenvalue weighted by Gasteiger charge is -2.24. The van der Waals surface area contributed by atoms with E-state index < -0.39 is 0 Å². The summed E-state index contributed by atoms with van der Waals surface area (Å²) >= 11 is 5.80. The smallest absolute Gasteiger partial charge is 0.146 e. The molecule has 0 aromatic heterocycles. The highest BCUT2D eigenvalue weighted by Gasteiger charge is 2.17. The molecule has 1 aromatic rings. The maximum atomic E-state index is 13.4. The van der Waals surface area contributed by atoms with Gasteiger partial charge in [0.05, 0.1) is 11.8 Å². The Kier molecular flexibility index (Phi) is 4.77. The summed E-state index contributed by atoms with van der Waals surface area (Å²) < 4.78 is 13.4. The molecule has 2 nitrogen and oxygen atoms in total. The zero-order chi connectivity index (χ0) is 12.9. The number of nitriles is 1. The van der Waals surface area contributed by atoms with Gasteiger partial charge in [0.1, 0.15) is 5.82 Å². The number of hydrogen-bond donors (Lipinski definition) is 1. The van der Waals surface area contributed by atoms with Crippen LogP contribution in [0.3, 0.4) is 0 Å². The number of rotatable bonds is 5. The largest absolute Gasteiger partial charge is 0.382 e. The zero-order valence-electron chi connectivity index (χ0n) is 10.1. The highest BCUT2D eigenvalue weighted by Crippen LogP contribution is 2.25. The van der Waals surface area contributed by atoms with Crippen molar-refractivity contribution < 1.29 is 4.39 Å². The number of hydrogen-bond acceptors (Lipinski definition) is 2. The van der Waals surface area contributed by atoms with Gasteiger partial charge in [0.2, 0.25) is 0 Å². The van der Waals surface area contributed by atoms with Crippen molar-refractivity contribution in [2.45, 2.75) is 26.7 Å². The van der Waals surface area contributed by atoms with Crippen LogP contribution >= 0.6 is 11.6 Å². The summed E-state index contributed by atoms with van der Waals surface area (Å²) in [6.07, 6.45) is 1.28. The lowest BCUT2D eigenvalue weighted by atomic mass is 9.88. The van der Waals surface area contributed by atoms with Gasteiger partial charge in [-0.15, -0.1) is 0 Å². The van der Waals surface area contributed by atoms with Gasteiger partial charge >= 0.3 is 0 Å². The predicted octanol–water partition coefficient (Wildman–Crippen LogP) is 4.22. The Hall–Kier alpha value is -1.27. The van der Waals surface area contributed by atoms with E-state index in [4.69, 9.17) is 16.9 Å². The molecule has 0 aliphatic heterocycles. The molecule has 1 aromatic carbocycles. The van der Waals surface area contributed by atoms with E-state index in [2.05, 4.69) is 11.4 Å². The van der Waals surface area contributed by atoms with Crippen LogP contribution in [0.2, 0.25) is 5.02 Å². The Morgan fingerprint density at radius 1 is 1.47 bits per heavy atom. The van der Waals surface area contributed by atoms with Gasteiger partial charge in [-0.2, -0.15) is 5.26 Å². The Morgan fingerprint density at radius 3 is 2.82 bits per heavy atom. The predicted molar refractivity (Wildman–Crippen MR) is 68.5 cm³/mol. The molecule has 0 spiro atoms. The van der Waals surface area contributed by atoms with Gasteiger partial charge in [0, 0.05) is 18.0 Å². The highest BCUT2D eigenvalue weighted by atomic mass is 35.5. The fraction of sp³-hybridized carbons (Fsp3) is 0.462. The van der Waals surface area contributed by atoms with Crippen LogP contribution in [0.25, 0.3) is 0 Å². The van der Waals surface area contributed by atoms with Crippen molar-refractivity contribution in [2.24, 2.45) is 5.41 Å². The third kappa shape index (κ3) is 4.62. The first-order valence-corrected chi connectivity index (χ1v) is 5.88.